The lowest BCUT2D eigenvalue weighted by Gasteiger charge is -2.27. The number of likely N-dealkylation sites (tertiary alicyclic amines) is 1. The Morgan fingerprint density at radius 1 is 1.25 bits per heavy atom. The maximum atomic E-state index is 12.6. The smallest absolute Gasteiger partial charge is 0.305 e. The van der Waals surface area contributed by atoms with E-state index in [0.717, 1.165) is 12.0 Å². The summed E-state index contributed by atoms with van der Waals surface area (Å²) in [6, 6.07) is 7.56. The zero-order chi connectivity index (χ0) is 20.7. The predicted molar refractivity (Wildman–Crippen MR) is 108 cm³/mol. The van der Waals surface area contributed by atoms with Gasteiger partial charge in [0.15, 0.2) is 0 Å². The molecule has 2 rings (SSSR count). The molecule has 2 atom stereocenters. The molecule has 2 N–H and O–H groups in total. The molecule has 2 amide bonds. The van der Waals surface area contributed by atoms with Crippen LogP contribution in [-0.4, -0.2) is 39.9 Å². The Hall–Kier alpha value is -2.37. The van der Waals surface area contributed by atoms with Crippen molar-refractivity contribution in [3.63, 3.8) is 0 Å². The van der Waals surface area contributed by atoms with E-state index in [0.29, 0.717) is 31.7 Å². The Balaban J connectivity index is 2.01. The van der Waals surface area contributed by atoms with E-state index in [1.807, 2.05) is 36.9 Å². The van der Waals surface area contributed by atoms with Gasteiger partial charge in [-0.3, -0.25) is 14.4 Å². The molecular weight excluding hydrogens is 356 g/mol. The van der Waals surface area contributed by atoms with E-state index < -0.39 is 5.97 Å². The Morgan fingerprint density at radius 2 is 1.93 bits per heavy atom. The fraction of sp³-hybridized carbons (Fsp3) is 0.591. The Labute approximate surface area is 167 Å². The van der Waals surface area contributed by atoms with Gasteiger partial charge < -0.3 is 15.3 Å². The SMILES string of the molecule is CCc1ccccc1CN1C(=O)CC[C@H]1CC(=O)N[C@H](CC(=O)O)CC(C)C. The van der Waals surface area contributed by atoms with Crippen LogP contribution in [0.5, 0.6) is 0 Å². The molecule has 1 aromatic carbocycles. The standard InChI is InChI=1S/C22H32N2O4/c1-4-16-7-5-6-8-17(16)14-24-19(9-10-21(24)26)13-20(25)23-18(11-15(2)3)12-22(27)28/h5-8,15,18-19H,4,9-14H2,1-3H3,(H,23,25)(H,27,28)/t18-,19-/m0/s1. The average molecular weight is 389 g/mol. The monoisotopic (exact) mass is 388 g/mol. The number of benzene rings is 1. The largest absolute Gasteiger partial charge is 0.481 e. The highest BCUT2D eigenvalue weighted by Gasteiger charge is 2.33. The molecule has 0 aromatic heterocycles. The van der Waals surface area contributed by atoms with Gasteiger partial charge >= 0.3 is 5.97 Å². The first kappa shape index (κ1) is 21.9. The molecule has 6 nitrogen and oxygen atoms in total. The van der Waals surface area contributed by atoms with Crippen molar-refractivity contribution in [2.75, 3.05) is 0 Å². The van der Waals surface area contributed by atoms with Gasteiger partial charge in [-0.2, -0.15) is 0 Å². The Morgan fingerprint density at radius 3 is 2.54 bits per heavy atom. The van der Waals surface area contributed by atoms with Gasteiger partial charge in [0.05, 0.1) is 6.42 Å². The topological polar surface area (TPSA) is 86.7 Å². The molecule has 28 heavy (non-hydrogen) atoms. The highest BCUT2D eigenvalue weighted by molar-refractivity contribution is 5.82. The molecule has 1 heterocycles. The molecule has 1 aromatic rings. The summed E-state index contributed by atoms with van der Waals surface area (Å²) < 4.78 is 0. The number of rotatable bonds is 10. The highest BCUT2D eigenvalue weighted by atomic mass is 16.4. The second-order valence-electron chi connectivity index (χ2n) is 8.03. The highest BCUT2D eigenvalue weighted by Crippen LogP contribution is 2.25. The first-order chi connectivity index (χ1) is 13.3. The molecule has 0 radical (unpaired) electrons. The minimum Gasteiger partial charge on any atom is -0.481 e. The average Bonchev–Trinajstić information content (AvgIpc) is 2.94. The van der Waals surface area contributed by atoms with Crippen LogP contribution in [0.3, 0.4) is 0 Å². The zero-order valence-corrected chi connectivity index (χ0v) is 17.1. The van der Waals surface area contributed by atoms with E-state index >= 15 is 0 Å². The number of hydrogen-bond acceptors (Lipinski definition) is 3. The number of aryl methyl sites for hydroxylation is 1. The van der Waals surface area contributed by atoms with Gasteiger partial charge in [0.2, 0.25) is 11.8 Å². The van der Waals surface area contributed by atoms with Crippen molar-refractivity contribution >= 4 is 17.8 Å². The maximum Gasteiger partial charge on any atom is 0.305 e. The van der Waals surface area contributed by atoms with Gasteiger partial charge in [0.1, 0.15) is 0 Å². The van der Waals surface area contributed by atoms with Crippen molar-refractivity contribution in [2.45, 2.75) is 77.9 Å². The minimum absolute atomic E-state index is 0.0768. The van der Waals surface area contributed by atoms with Crippen LogP contribution in [-0.2, 0) is 27.3 Å². The lowest BCUT2D eigenvalue weighted by atomic mass is 10.0. The number of aliphatic carboxylic acids is 1. The molecular formula is C22H32N2O4. The number of amides is 2. The van der Waals surface area contributed by atoms with E-state index in [1.165, 1.54) is 5.56 Å². The molecule has 6 heteroatoms. The summed E-state index contributed by atoms with van der Waals surface area (Å²) in [7, 11) is 0. The van der Waals surface area contributed by atoms with Crippen LogP contribution in [0, 0.1) is 5.92 Å². The van der Waals surface area contributed by atoms with Crippen LogP contribution in [0.15, 0.2) is 24.3 Å². The summed E-state index contributed by atoms with van der Waals surface area (Å²) in [6.07, 6.45) is 2.77. The first-order valence-corrected chi connectivity index (χ1v) is 10.2. The van der Waals surface area contributed by atoms with Crippen molar-refractivity contribution in [1.29, 1.82) is 0 Å². The molecule has 0 unspecified atom stereocenters. The van der Waals surface area contributed by atoms with E-state index in [9.17, 15) is 14.4 Å². The third-order valence-corrected chi connectivity index (χ3v) is 5.26. The summed E-state index contributed by atoms with van der Waals surface area (Å²) in [5.74, 6) is -0.729. The fourth-order valence-electron chi connectivity index (χ4n) is 3.94. The predicted octanol–water partition coefficient (Wildman–Crippen LogP) is 3.14. The molecule has 154 valence electrons. The van der Waals surface area contributed by atoms with Crippen LogP contribution >= 0.6 is 0 Å². The lowest BCUT2D eigenvalue weighted by Crippen LogP contribution is -2.41. The van der Waals surface area contributed by atoms with Gasteiger partial charge in [0.25, 0.3) is 0 Å². The molecule has 1 saturated heterocycles. The number of carbonyl (C=O) groups excluding carboxylic acids is 2. The van der Waals surface area contributed by atoms with Crippen molar-refractivity contribution in [1.82, 2.24) is 10.2 Å². The third kappa shape index (κ3) is 6.36. The van der Waals surface area contributed by atoms with Crippen molar-refractivity contribution in [3.05, 3.63) is 35.4 Å². The quantitative estimate of drug-likeness (QED) is 0.645. The fourth-order valence-corrected chi connectivity index (χ4v) is 3.94. The summed E-state index contributed by atoms with van der Waals surface area (Å²) in [5, 5.41) is 12.0. The van der Waals surface area contributed by atoms with E-state index in [1.54, 1.807) is 0 Å². The molecule has 1 fully saturated rings. The third-order valence-electron chi connectivity index (χ3n) is 5.26. The number of nitrogens with zero attached hydrogens (tertiary/aromatic N) is 1. The van der Waals surface area contributed by atoms with E-state index in [4.69, 9.17) is 5.11 Å². The van der Waals surface area contributed by atoms with Crippen molar-refractivity contribution in [2.24, 2.45) is 5.92 Å². The molecule has 1 aliphatic rings. The number of carbonyl (C=O) groups is 3. The second kappa shape index (κ2) is 10.2. The lowest BCUT2D eigenvalue weighted by molar-refractivity contribution is -0.137. The number of carboxylic acids is 1. The van der Waals surface area contributed by atoms with Crippen LogP contribution in [0.1, 0.15) is 64.0 Å². The molecule has 0 aliphatic carbocycles. The van der Waals surface area contributed by atoms with Gasteiger partial charge in [0, 0.05) is 31.5 Å². The summed E-state index contributed by atoms with van der Waals surface area (Å²) in [4.78, 5) is 37.8. The Kier molecular flexibility index (Phi) is 8.03. The van der Waals surface area contributed by atoms with Gasteiger partial charge in [-0.25, -0.2) is 0 Å². The second-order valence-corrected chi connectivity index (χ2v) is 8.03. The first-order valence-electron chi connectivity index (χ1n) is 10.2. The normalized spacial score (nSPS) is 17.8. The Bertz CT molecular complexity index is 702. The van der Waals surface area contributed by atoms with Crippen molar-refractivity contribution in [3.8, 4) is 0 Å². The van der Waals surface area contributed by atoms with Crippen LogP contribution in [0.25, 0.3) is 0 Å². The van der Waals surface area contributed by atoms with Crippen LogP contribution in [0.2, 0.25) is 0 Å². The number of hydrogen-bond donors (Lipinski definition) is 2. The van der Waals surface area contributed by atoms with Crippen LogP contribution in [0.4, 0.5) is 0 Å². The molecule has 0 spiro atoms. The zero-order valence-electron chi connectivity index (χ0n) is 17.1. The van der Waals surface area contributed by atoms with Crippen LogP contribution < -0.4 is 5.32 Å². The molecule has 0 saturated carbocycles. The maximum absolute atomic E-state index is 12.6. The number of carboxylic acid groups (broad SMARTS) is 1. The number of nitrogens with one attached hydrogen (secondary N) is 1. The van der Waals surface area contributed by atoms with Crippen molar-refractivity contribution < 1.29 is 19.5 Å². The van der Waals surface area contributed by atoms with E-state index in [-0.39, 0.29) is 36.7 Å². The summed E-state index contributed by atoms with van der Waals surface area (Å²) >= 11 is 0. The van der Waals surface area contributed by atoms with Gasteiger partial charge in [-0.1, -0.05) is 45.0 Å². The summed E-state index contributed by atoms with van der Waals surface area (Å²) in [5.41, 5.74) is 2.33. The minimum atomic E-state index is -0.917. The van der Waals surface area contributed by atoms with E-state index in [2.05, 4.69) is 18.3 Å². The molecule has 0 bridgehead atoms. The van der Waals surface area contributed by atoms with Gasteiger partial charge in [-0.05, 0) is 36.3 Å². The summed E-state index contributed by atoms with van der Waals surface area (Å²) in [6.45, 7) is 6.62. The molecule has 1 aliphatic heterocycles. The van der Waals surface area contributed by atoms with Gasteiger partial charge in [-0.15, -0.1) is 0 Å².